The van der Waals surface area contributed by atoms with Gasteiger partial charge >= 0.3 is 5.97 Å². The maximum absolute atomic E-state index is 12.9. The van der Waals surface area contributed by atoms with Crippen LogP contribution in [0.1, 0.15) is 44.7 Å². The second-order valence-corrected chi connectivity index (χ2v) is 6.88. The lowest BCUT2D eigenvalue weighted by Gasteiger charge is -2.26. The highest BCUT2D eigenvalue weighted by molar-refractivity contribution is 5.91. The topological polar surface area (TPSA) is 55.8 Å². The molecule has 1 N–H and O–H groups in total. The highest BCUT2D eigenvalue weighted by Gasteiger charge is 2.27. The van der Waals surface area contributed by atoms with E-state index in [0.29, 0.717) is 12.8 Å². The first-order valence-corrected chi connectivity index (χ1v) is 9.87. The summed E-state index contributed by atoms with van der Waals surface area (Å²) >= 11 is 0. The molecule has 2 aromatic carbocycles. The smallest absolute Gasteiger partial charge is 0.373 e. The molecule has 0 heterocycles. The highest BCUT2D eigenvalue weighted by Crippen LogP contribution is 2.21. The average molecular weight is 383 g/mol. The third-order valence-electron chi connectivity index (χ3n) is 4.81. The summed E-state index contributed by atoms with van der Waals surface area (Å²) in [5.74, 6) is -0.500. The Morgan fingerprint density at radius 1 is 1.00 bits per heavy atom. The molecule has 4 nitrogen and oxygen atoms in total. The molecule has 1 unspecified atom stereocenters. The summed E-state index contributed by atoms with van der Waals surface area (Å²) in [4.78, 5) is 12.9. The molecule has 0 saturated heterocycles. The number of aliphatic hydroxyl groups is 1. The lowest BCUT2D eigenvalue weighted by Crippen LogP contribution is -2.33. The van der Waals surface area contributed by atoms with Crippen LogP contribution in [0.15, 0.2) is 66.4 Å². The normalized spacial score (nSPS) is 14.8. The molecule has 150 valence electrons. The molecule has 28 heavy (non-hydrogen) atoms. The van der Waals surface area contributed by atoms with Crippen LogP contribution in [0.2, 0.25) is 0 Å². The van der Waals surface area contributed by atoms with Crippen LogP contribution in [0.3, 0.4) is 0 Å². The van der Waals surface area contributed by atoms with Crippen LogP contribution < -0.4 is 0 Å². The molecule has 0 aliphatic carbocycles. The molecule has 2 aromatic rings. The van der Waals surface area contributed by atoms with Crippen LogP contribution >= 0.6 is 0 Å². The first-order chi connectivity index (χ1) is 13.5. The zero-order valence-electron chi connectivity index (χ0n) is 16.9. The lowest BCUT2D eigenvalue weighted by atomic mass is 9.94. The average Bonchev–Trinajstić information content (AvgIpc) is 2.75. The Labute approximate surface area is 167 Å². The second-order valence-electron chi connectivity index (χ2n) is 6.88. The van der Waals surface area contributed by atoms with Crippen molar-refractivity contribution in [1.29, 1.82) is 0 Å². The molecule has 0 aromatic heterocycles. The number of hydrogen-bond acceptors (Lipinski definition) is 4. The summed E-state index contributed by atoms with van der Waals surface area (Å²) in [5, 5.41) is 10.1. The van der Waals surface area contributed by atoms with Gasteiger partial charge in [0.1, 0.15) is 12.7 Å². The fourth-order valence-electron chi connectivity index (χ4n) is 2.97. The van der Waals surface area contributed by atoms with E-state index in [1.165, 1.54) is 0 Å². The number of benzene rings is 2. The molecule has 0 bridgehead atoms. The van der Waals surface area contributed by atoms with E-state index in [0.717, 1.165) is 11.1 Å². The Morgan fingerprint density at radius 3 is 2.18 bits per heavy atom. The van der Waals surface area contributed by atoms with Gasteiger partial charge in [0.05, 0.1) is 6.10 Å². The van der Waals surface area contributed by atoms with Gasteiger partial charge in [0.15, 0.2) is 0 Å². The van der Waals surface area contributed by atoms with E-state index in [2.05, 4.69) is 0 Å². The van der Waals surface area contributed by atoms with Crippen molar-refractivity contribution < 1.29 is 19.4 Å². The Bertz CT molecular complexity index is 740. The Hall–Kier alpha value is -2.59. The van der Waals surface area contributed by atoms with Gasteiger partial charge in [-0.3, -0.25) is 0 Å². The van der Waals surface area contributed by atoms with Gasteiger partial charge in [-0.15, -0.1) is 0 Å². The molecule has 0 saturated carbocycles. The second kappa shape index (κ2) is 11.3. The number of ether oxygens (including phenoxy) is 2. The Kier molecular flexibility index (Phi) is 8.76. The Morgan fingerprint density at radius 2 is 1.61 bits per heavy atom. The molecular formula is C24H30O4. The number of esters is 1. The minimum Gasteiger partial charge on any atom is -0.482 e. The molecule has 0 fully saturated rings. The van der Waals surface area contributed by atoms with Gasteiger partial charge in [-0.25, -0.2) is 4.79 Å². The van der Waals surface area contributed by atoms with Crippen molar-refractivity contribution in [2.75, 3.05) is 0 Å². The number of rotatable bonds is 10. The van der Waals surface area contributed by atoms with Crippen molar-refractivity contribution in [3.05, 3.63) is 77.5 Å². The molecule has 0 spiro atoms. The van der Waals surface area contributed by atoms with Gasteiger partial charge < -0.3 is 14.6 Å². The van der Waals surface area contributed by atoms with E-state index in [-0.39, 0.29) is 24.4 Å². The molecule has 0 aliphatic rings. The SMILES string of the molecule is CC[C@@H](O)C(C)[C@H](CC)OC(=O)C(=Cc1ccccc1)OCc1ccccc1. The zero-order valence-corrected chi connectivity index (χ0v) is 16.9. The minimum absolute atomic E-state index is 0.147. The first-order valence-electron chi connectivity index (χ1n) is 9.87. The summed E-state index contributed by atoms with van der Waals surface area (Å²) < 4.78 is 11.5. The van der Waals surface area contributed by atoms with E-state index in [1.807, 2.05) is 81.4 Å². The monoisotopic (exact) mass is 382 g/mol. The van der Waals surface area contributed by atoms with E-state index in [9.17, 15) is 9.90 Å². The van der Waals surface area contributed by atoms with Crippen LogP contribution in [0.25, 0.3) is 6.08 Å². The van der Waals surface area contributed by atoms with Crippen molar-refractivity contribution >= 4 is 12.0 Å². The third-order valence-corrected chi connectivity index (χ3v) is 4.81. The minimum atomic E-state index is -0.512. The molecule has 0 amide bonds. The summed E-state index contributed by atoms with van der Waals surface area (Å²) in [6, 6.07) is 19.2. The van der Waals surface area contributed by atoms with Crippen molar-refractivity contribution in [1.82, 2.24) is 0 Å². The fraction of sp³-hybridized carbons (Fsp3) is 0.375. The molecule has 3 atom stereocenters. The van der Waals surface area contributed by atoms with Crippen molar-refractivity contribution in [3.63, 3.8) is 0 Å². The number of carbonyl (C=O) groups is 1. The predicted octanol–water partition coefficient (Wildman–Crippen LogP) is 4.97. The van der Waals surface area contributed by atoms with E-state index >= 15 is 0 Å². The molecular weight excluding hydrogens is 352 g/mol. The maximum Gasteiger partial charge on any atom is 0.373 e. The van der Waals surface area contributed by atoms with Crippen LogP contribution in [-0.4, -0.2) is 23.3 Å². The van der Waals surface area contributed by atoms with Crippen LogP contribution in [0.5, 0.6) is 0 Å². The van der Waals surface area contributed by atoms with Gasteiger partial charge in [0, 0.05) is 5.92 Å². The Balaban J connectivity index is 2.17. The predicted molar refractivity (Wildman–Crippen MR) is 111 cm³/mol. The molecule has 4 heteroatoms. The molecule has 2 rings (SSSR count). The third kappa shape index (κ3) is 6.54. The summed E-state index contributed by atoms with van der Waals surface area (Å²) in [6.07, 6.45) is 2.05. The van der Waals surface area contributed by atoms with Gasteiger partial charge in [-0.05, 0) is 30.0 Å². The highest BCUT2D eigenvalue weighted by atomic mass is 16.6. The summed E-state index contributed by atoms with van der Waals surface area (Å²) in [5.41, 5.74) is 1.83. The van der Waals surface area contributed by atoms with Gasteiger partial charge in [-0.1, -0.05) is 81.4 Å². The van der Waals surface area contributed by atoms with Crippen molar-refractivity contribution in [3.8, 4) is 0 Å². The van der Waals surface area contributed by atoms with Crippen LogP contribution in [0, 0.1) is 5.92 Å². The summed E-state index contributed by atoms with van der Waals surface area (Å²) in [7, 11) is 0. The largest absolute Gasteiger partial charge is 0.482 e. The van der Waals surface area contributed by atoms with E-state index in [1.54, 1.807) is 6.08 Å². The van der Waals surface area contributed by atoms with Crippen molar-refractivity contribution in [2.45, 2.75) is 52.4 Å². The number of aliphatic hydroxyl groups excluding tert-OH is 1. The maximum atomic E-state index is 12.9. The van der Waals surface area contributed by atoms with Gasteiger partial charge in [0.25, 0.3) is 0 Å². The molecule has 0 radical (unpaired) electrons. The number of carbonyl (C=O) groups excluding carboxylic acids is 1. The van der Waals surface area contributed by atoms with Crippen LogP contribution in [-0.2, 0) is 20.9 Å². The lowest BCUT2D eigenvalue weighted by molar-refractivity contribution is -0.153. The quantitative estimate of drug-likeness (QED) is 0.358. The standard InChI is InChI=1S/C24H30O4/c1-4-21(25)18(3)22(5-2)28-24(26)23(16-19-12-8-6-9-13-19)27-17-20-14-10-7-11-15-20/h6-16,18,21-22,25H,4-5,17H2,1-3H3/t18?,21-,22+/m1/s1. The van der Waals surface area contributed by atoms with Crippen LogP contribution in [0.4, 0.5) is 0 Å². The summed E-state index contributed by atoms with van der Waals surface area (Å²) in [6.45, 7) is 6.04. The van der Waals surface area contributed by atoms with E-state index < -0.39 is 12.1 Å². The van der Waals surface area contributed by atoms with Gasteiger partial charge in [0.2, 0.25) is 5.76 Å². The zero-order chi connectivity index (χ0) is 20.4. The first kappa shape index (κ1) is 21.7. The van der Waals surface area contributed by atoms with E-state index in [4.69, 9.17) is 9.47 Å². The van der Waals surface area contributed by atoms with Gasteiger partial charge in [-0.2, -0.15) is 0 Å². The van der Waals surface area contributed by atoms with Crippen molar-refractivity contribution in [2.24, 2.45) is 5.92 Å². The fourth-order valence-corrected chi connectivity index (χ4v) is 2.97. The number of hydrogen-bond donors (Lipinski definition) is 1. The molecule has 0 aliphatic heterocycles.